The lowest BCUT2D eigenvalue weighted by atomic mass is 10.1. The van der Waals surface area contributed by atoms with Gasteiger partial charge in [-0.05, 0) is 25.1 Å². The molecule has 0 radical (unpaired) electrons. The molecule has 194 valence electrons. The van der Waals surface area contributed by atoms with E-state index in [0.29, 0.717) is 17.1 Å². The maximum atomic E-state index is 13.3. The summed E-state index contributed by atoms with van der Waals surface area (Å²) in [6.45, 7) is 1.62. The number of nitro benzene ring substituents is 1. The zero-order valence-corrected chi connectivity index (χ0v) is 21.0. The predicted octanol–water partition coefficient (Wildman–Crippen LogP) is 4.48. The molecular weight excluding hydrogens is 486 g/mol. The standard InChI is InChI=1S/C28H27N5O5/c1-20-13-14-22(17-25(20)33(36)37)28(35)31(15-16-38-2)19-27(34)29-26-18-24(21-9-5-3-6-10-21)30-32(26)23-11-7-4-8-12-23/h3-14,17-18H,15-16,19H2,1-2H3,(H,29,34). The Morgan fingerprint density at radius 1 is 1.03 bits per heavy atom. The lowest BCUT2D eigenvalue weighted by Crippen LogP contribution is -2.40. The minimum Gasteiger partial charge on any atom is -0.383 e. The van der Waals surface area contributed by atoms with E-state index >= 15 is 0 Å². The first kappa shape index (κ1) is 26.2. The summed E-state index contributed by atoms with van der Waals surface area (Å²) >= 11 is 0. The average molecular weight is 514 g/mol. The van der Waals surface area contributed by atoms with Gasteiger partial charge in [0.15, 0.2) is 0 Å². The number of rotatable bonds is 10. The van der Waals surface area contributed by atoms with Gasteiger partial charge in [0.1, 0.15) is 12.4 Å². The van der Waals surface area contributed by atoms with Crippen LogP contribution >= 0.6 is 0 Å². The highest BCUT2D eigenvalue weighted by atomic mass is 16.6. The van der Waals surface area contributed by atoms with Gasteiger partial charge in [-0.1, -0.05) is 54.6 Å². The number of hydrogen-bond donors (Lipinski definition) is 1. The number of nitrogens with zero attached hydrogens (tertiary/aromatic N) is 4. The van der Waals surface area contributed by atoms with Crippen LogP contribution in [0.4, 0.5) is 11.5 Å². The topological polar surface area (TPSA) is 120 Å². The maximum absolute atomic E-state index is 13.3. The van der Waals surface area contributed by atoms with Gasteiger partial charge < -0.3 is 15.0 Å². The third-order valence-corrected chi connectivity index (χ3v) is 5.89. The average Bonchev–Trinajstić information content (AvgIpc) is 3.35. The Kier molecular flexibility index (Phi) is 8.24. The van der Waals surface area contributed by atoms with Gasteiger partial charge in [0.05, 0.1) is 22.9 Å². The molecule has 2 amide bonds. The normalized spacial score (nSPS) is 10.7. The number of para-hydroxylation sites is 1. The van der Waals surface area contributed by atoms with Crippen LogP contribution in [0.2, 0.25) is 0 Å². The van der Waals surface area contributed by atoms with Gasteiger partial charge in [0.25, 0.3) is 11.6 Å². The number of nitro groups is 1. The molecule has 1 N–H and O–H groups in total. The highest BCUT2D eigenvalue weighted by molar-refractivity contribution is 5.99. The van der Waals surface area contributed by atoms with Crippen molar-refractivity contribution in [2.75, 3.05) is 32.1 Å². The van der Waals surface area contributed by atoms with E-state index in [0.717, 1.165) is 11.3 Å². The van der Waals surface area contributed by atoms with Gasteiger partial charge >= 0.3 is 0 Å². The van der Waals surface area contributed by atoms with E-state index in [9.17, 15) is 19.7 Å². The summed E-state index contributed by atoms with van der Waals surface area (Å²) in [6.07, 6.45) is 0. The molecule has 0 aliphatic heterocycles. The Morgan fingerprint density at radius 2 is 1.71 bits per heavy atom. The lowest BCUT2D eigenvalue weighted by molar-refractivity contribution is -0.385. The number of hydrogen-bond acceptors (Lipinski definition) is 6. The molecule has 4 aromatic rings. The number of anilines is 1. The third-order valence-electron chi connectivity index (χ3n) is 5.89. The van der Waals surface area contributed by atoms with Gasteiger partial charge in [0.2, 0.25) is 5.91 Å². The van der Waals surface area contributed by atoms with Gasteiger partial charge in [-0.2, -0.15) is 5.10 Å². The molecule has 0 saturated heterocycles. The first-order valence-electron chi connectivity index (χ1n) is 11.9. The van der Waals surface area contributed by atoms with Crippen LogP contribution < -0.4 is 5.32 Å². The molecule has 0 saturated carbocycles. The van der Waals surface area contributed by atoms with E-state index < -0.39 is 16.7 Å². The largest absolute Gasteiger partial charge is 0.383 e. The molecule has 38 heavy (non-hydrogen) atoms. The zero-order chi connectivity index (χ0) is 27.1. The number of benzene rings is 3. The van der Waals surface area contributed by atoms with E-state index in [-0.39, 0.29) is 30.9 Å². The molecule has 10 heteroatoms. The minimum atomic E-state index is -0.534. The Balaban J connectivity index is 1.60. The van der Waals surface area contributed by atoms with Crippen molar-refractivity contribution in [1.29, 1.82) is 0 Å². The van der Waals surface area contributed by atoms with Crippen molar-refractivity contribution >= 4 is 23.3 Å². The van der Waals surface area contributed by atoms with E-state index in [1.807, 2.05) is 60.7 Å². The van der Waals surface area contributed by atoms with Crippen molar-refractivity contribution in [1.82, 2.24) is 14.7 Å². The fourth-order valence-corrected chi connectivity index (χ4v) is 3.92. The van der Waals surface area contributed by atoms with E-state index in [4.69, 9.17) is 4.74 Å². The molecule has 0 bridgehead atoms. The second kappa shape index (κ2) is 11.9. The number of nitrogens with one attached hydrogen (secondary N) is 1. The molecule has 1 heterocycles. The highest BCUT2D eigenvalue weighted by Gasteiger charge is 2.23. The van der Waals surface area contributed by atoms with Gasteiger partial charge in [-0.15, -0.1) is 0 Å². The minimum absolute atomic E-state index is 0.117. The quantitative estimate of drug-likeness (QED) is 0.247. The lowest BCUT2D eigenvalue weighted by Gasteiger charge is -2.22. The fraction of sp³-hybridized carbons (Fsp3) is 0.179. The molecule has 0 unspecified atom stereocenters. The number of aryl methyl sites for hydroxylation is 1. The van der Waals surface area contributed by atoms with Crippen molar-refractivity contribution in [3.8, 4) is 16.9 Å². The highest BCUT2D eigenvalue weighted by Crippen LogP contribution is 2.25. The van der Waals surface area contributed by atoms with Crippen LogP contribution in [0.5, 0.6) is 0 Å². The smallest absolute Gasteiger partial charge is 0.273 e. The van der Waals surface area contributed by atoms with Crippen molar-refractivity contribution in [3.05, 3.63) is 106 Å². The number of carbonyl (C=O) groups excluding carboxylic acids is 2. The second-order valence-electron chi connectivity index (χ2n) is 8.55. The summed E-state index contributed by atoms with van der Waals surface area (Å²) in [5.74, 6) is -0.528. The van der Waals surface area contributed by atoms with Crippen molar-refractivity contribution < 1.29 is 19.2 Å². The molecule has 3 aromatic carbocycles. The van der Waals surface area contributed by atoms with E-state index in [2.05, 4.69) is 10.4 Å². The van der Waals surface area contributed by atoms with E-state index in [1.54, 1.807) is 17.7 Å². The van der Waals surface area contributed by atoms with Crippen molar-refractivity contribution in [3.63, 3.8) is 0 Å². The number of aromatic nitrogens is 2. The molecule has 0 spiro atoms. The Labute approximate surface area is 219 Å². The number of amides is 2. The van der Waals surface area contributed by atoms with Crippen LogP contribution in [0.15, 0.2) is 84.9 Å². The molecule has 4 rings (SSSR count). The molecule has 0 aliphatic carbocycles. The molecule has 0 fully saturated rings. The summed E-state index contributed by atoms with van der Waals surface area (Å²) in [5, 5.41) is 18.9. The van der Waals surface area contributed by atoms with Crippen molar-refractivity contribution in [2.24, 2.45) is 0 Å². The summed E-state index contributed by atoms with van der Waals surface area (Å²) < 4.78 is 6.75. The van der Waals surface area contributed by atoms with Crippen LogP contribution in [0, 0.1) is 17.0 Å². The first-order valence-corrected chi connectivity index (χ1v) is 11.9. The monoisotopic (exact) mass is 513 g/mol. The number of carbonyl (C=O) groups is 2. The van der Waals surface area contributed by atoms with Crippen LogP contribution in [0.3, 0.4) is 0 Å². The Bertz CT molecular complexity index is 1440. The molecule has 0 atom stereocenters. The molecular formula is C28H27N5O5. The summed E-state index contributed by atoms with van der Waals surface area (Å²) in [4.78, 5) is 38.6. The molecule has 1 aromatic heterocycles. The van der Waals surface area contributed by atoms with E-state index in [1.165, 1.54) is 30.2 Å². The summed E-state index contributed by atoms with van der Waals surface area (Å²) in [6, 6.07) is 25.0. The molecule has 0 aliphatic rings. The Hall–Kier alpha value is -4.83. The SMILES string of the molecule is COCCN(CC(=O)Nc1cc(-c2ccccc2)nn1-c1ccccc1)C(=O)c1ccc(C)c([N+](=O)[O-])c1. The molecule has 10 nitrogen and oxygen atoms in total. The summed E-state index contributed by atoms with van der Waals surface area (Å²) in [7, 11) is 1.49. The fourth-order valence-electron chi connectivity index (χ4n) is 3.92. The van der Waals surface area contributed by atoms with Gasteiger partial charge in [-0.25, -0.2) is 4.68 Å². The van der Waals surface area contributed by atoms with Crippen molar-refractivity contribution in [2.45, 2.75) is 6.92 Å². The maximum Gasteiger partial charge on any atom is 0.273 e. The summed E-state index contributed by atoms with van der Waals surface area (Å²) in [5.41, 5.74) is 2.71. The zero-order valence-electron chi connectivity index (χ0n) is 21.0. The third kappa shape index (κ3) is 6.11. The Morgan fingerprint density at radius 3 is 2.37 bits per heavy atom. The van der Waals surface area contributed by atoms with Crippen LogP contribution in [0.1, 0.15) is 15.9 Å². The first-order chi connectivity index (χ1) is 18.4. The van der Waals surface area contributed by atoms with Crippen LogP contribution in [0.25, 0.3) is 16.9 Å². The van der Waals surface area contributed by atoms with Crippen LogP contribution in [-0.4, -0.2) is 58.2 Å². The number of methoxy groups -OCH3 is 1. The van der Waals surface area contributed by atoms with Crippen LogP contribution in [-0.2, 0) is 9.53 Å². The van der Waals surface area contributed by atoms with Gasteiger partial charge in [-0.3, -0.25) is 19.7 Å². The van der Waals surface area contributed by atoms with Gasteiger partial charge in [0, 0.05) is 42.5 Å². The number of ether oxygens (including phenoxy) is 1. The second-order valence-corrected chi connectivity index (χ2v) is 8.55. The predicted molar refractivity (Wildman–Crippen MR) is 143 cm³/mol.